The van der Waals surface area contributed by atoms with Crippen molar-refractivity contribution in [1.29, 1.82) is 0 Å². The Balaban J connectivity index is 2.58. The molecule has 2 heteroatoms. The van der Waals surface area contributed by atoms with Crippen molar-refractivity contribution in [3.05, 3.63) is 29.8 Å². The highest BCUT2D eigenvalue weighted by Gasteiger charge is 2.07. The number of hydrogen-bond acceptors (Lipinski definition) is 1. The Hall–Kier alpha value is -0.653. The van der Waals surface area contributed by atoms with E-state index < -0.39 is 8.07 Å². The Labute approximate surface area is 111 Å². The van der Waals surface area contributed by atoms with Crippen LogP contribution in [0.1, 0.15) is 25.3 Å². The van der Waals surface area contributed by atoms with E-state index in [2.05, 4.69) is 62.3 Å². The Morgan fingerprint density at radius 1 is 1.12 bits per heavy atom. The van der Waals surface area contributed by atoms with Crippen molar-refractivity contribution in [2.45, 2.75) is 44.3 Å². The minimum atomic E-state index is -1.25. The summed E-state index contributed by atoms with van der Waals surface area (Å²) in [5, 5.41) is 0. The van der Waals surface area contributed by atoms with Crippen LogP contribution in [0.5, 0.6) is 0 Å². The van der Waals surface area contributed by atoms with Crippen molar-refractivity contribution in [2.24, 2.45) is 0 Å². The second-order valence-corrected chi connectivity index (χ2v) is 11.1. The van der Waals surface area contributed by atoms with Crippen LogP contribution in [-0.2, 0) is 0 Å². The van der Waals surface area contributed by atoms with Crippen LogP contribution in [0.15, 0.2) is 29.2 Å². The molecule has 17 heavy (non-hydrogen) atoms. The molecule has 0 saturated heterocycles. The normalized spacial score (nSPS) is 10.8. The fourth-order valence-electron chi connectivity index (χ4n) is 1.23. The lowest BCUT2D eigenvalue weighted by molar-refractivity contribution is 0.896. The summed E-state index contributed by atoms with van der Waals surface area (Å²) in [5.41, 5.74) is 4.54. The first-order valence-electron chi connectivity index (χ1n) is 6.27. The quantitative estimate of drug-likeness (QED) is 0.325. The standard InChI is InChI=1S/C15H22SSi/c1-5-6-12-16-15-9-7-14(8-10-15)11-13-17(2,3)4/h7-10H,5-6,12H2,1-4H3. The van der Waals surface area contributed by atoms with Gasteiger partial charge >= 0.3 is 0 Å². The minimum Gasteiger partial charge on any atom is -0.127 e. The van der Waals surface area contributed by atoms with Crippen LogP contribution in [0.25, 0.3) is 0 Å². The summed E-state index contributed by atoms with van der Waals surface area (Å²) in [4.78, 5) is 1.36. The van der Waals surface area contributed by atoms with Gasteiger partial charge in [-0.15, -0.1) is 17.3 Å². The van der Waals surface area contributed by atoms with Gasteiger partial charge in [-0.05, 0) is 36.4 Å². The molecular weight excluding hydrogens is 240 g/mol. The zero-order valence-electron chi connectivity index (χ0n) is 11.3. The van der Waals surface area contributed by atoms with Gasteiger partial charge in [-0.3, -0.25) is 0 Å². The van der Waals surface area contributed by atoms with Gasteiger partial charge in [0.1, 0.15) is 8.07 Å². The second-order valence-electron chi connectivity index (χ2n) is 5.23. The topological polar surface area (TPSA) is 0 Å². The molecule has 0 N–H and O–H groups in total. The molecule has 0 spiro atoms. The molecule has 0 saturated carbocycles. The molecule has 1 rings (SSSR count). The highest BCUT2D eigenvalue weighted by Crippen LogP contribution is 2.19. The predicted octanol–water partition coefficient (Wildman–Crippen LogP) is 4.81. The van der Waals surface area contributed by atoms with Crippen LogP contribution < -0.4 is 0 Å². The van der Waals surface area contributed by atoms with Crippen molar-refractivity contribution in [3.63, 3.8) is 0 Å². The van der Waals surface area contributed by atoms with Crippen LogP contribution in [0.4, 0.5) is 0 Å². The van der Waals surface area contributed by atoms with Gasteiger partial charge in [-0.2, -0.15) is 0 Å². The van der Waals surface area contributed by atoms with Crippen LogP contribution in [0.3, 0.4) is 0 Å². The van der Waals surface area contributed by atoms with Gasteiger partial charge in [0.15, 0.2) is 0 Å². The molecule has 0 nitrogen and oxygen atoms in total. The third-order valence-electron chi connectivity index (χ3n) is 2.20. The number of hydrogen-bond donors (Lipinski definition) is 0. The molecule has 0 fully saturated rings. The van der Waals surface area contributed by atoms with Gasteiger partial charge in [0.2, 0.25) is 0 Å². The molecular formula is C15H22SSi. The van der Waals surface area contributed by atoms with Gasteiger partial charge in [0.05, 0.1) is 0 Å². The lowest BCUT2D eigenvalue weighted by atomic mass is 10.2. The van der Waals surface area contributed by atoms with E-state index in [0.29, 0.717) is 0 Å². The van der Waals surface area contributed by atoms with E-state index in [1.165, 1.54) is 23.5 Å². The van der Waals surface area contributed by atoms with Crippen molar-refractivity contribution in [2.75, 3.05) is 5.75 Å². The molecule has 0 bridgehead atoms. The first-order valence-corrected chi connectivity index (χ1v) is 10.8. The van der Waals surface area contributed by atoms with Crippen LogP contribution in [-0.4, -0.2) is 13.8 Å². The Morgan fingerprint density at radius 3 is 2.29 bits per heavy atom. The summed E-state index contributed by atoms with van der Waals surface area (Å²) >= 11 is 1.94. The van der Waals surface area contributed by atoms with Gasteiger partial charge in [-0.1, -0.05) is 38.9 Å². The highest BCUT2D eigenvalue weighted by molar-refractivity contribution is 7.99. The van der Waals surface area contributed by atoms with E-state index in [0.717, 1.165) is 5.56 Å². The Kier molecular flexibility index (Phi) is 5.88. The molecule has 0 amide bonds. The van der Waals surface area contributed by atoms with Crippen LogP contribution in [0, 0.1) is 11.5 Å². The van der Waals surface area contributed by atoms with Crippen LogP contribution >= 0.6 is 11.8 Å². The predicted molar refractivity (Wildman–Crippen MR) is 82.3 cm³/mol. The third kappa shape index (κ3) is 6.60. The largest absolute Gasteiger partial charge is 0.129 e. The molecule has 0 atom stereocenters. The molecule has 0 heterocycles. The maximum absolute atomic E-state index is 3.39. The molecule has 0 aliphatic heterocycles. The average Bonchev–Trinajstić information content (AvgIpc) is 2.27. The third-order valence-corrected chi connectivity index (χ3v) is 4.18. The maximum Gasteiger partial charge on any atom is 0.129 e. The van der Waals surface area contributed by atoms with E-state index >= 15 is 0 Å². The molecule has 1 aromatic carbocycles. The van der Waals surface area contributed by atoms with Crippen molar-refractivity contribution >= 4 is 19.8 Å². The lowest BCUT2D eigenvalue weighted by Gasteiger charge is -2.04. The molecule has 0 unspecified atom stereocenters. The summed E-state index contributed by atoms with van der Waals surface area (Å²) in [6, 6.07) is 8.66. The number of unbranched alkanes of at least 4 members (excludes halogenated alkanes) is 1. The molecule has 0 radical (unpaired) electrons. The molecule has 0 aliphatic rings. The first-order chi connectivity index (χ1) is 8.01. The highest BCUT2D eigenvalue weighted by atomic mass is 32.2. The number of benzene rings is 1. The first kappa shape index (κ1) is 14.4. The fourth-order valence-corrected chi connectivity index (χ4v) is 2.75. The lowest BCUT2D eigenvalue weighted by Crippen LogP contribution is -2.16. The van der Waals surface area contributed by atoms with E-state index in [1.54, 1.807) is 0 Å². The zero-order valence-corrected chi connectivity index (χ0v) is 13.2. The summed E-state index contributed by atoms with van der Waals surface area (Å²) in [6.07, 6.45) is 2.56. The van der Waals surface area contributed by atoms with E-state index in [4.69, 9.17) is 0 Å². The molecule has 0 aliphatic carbocycles. The van der Waals surface area contributed by atoms with Crippen molar-refractivity contribution < 1.29 is 0 Å². The molecule has 92 valence electrons. The van der Waals surface area contributed by atoms with Gasteiger partial charge in [0, 0.05) is 10.5 Å². The molecule has 1 aromatic rings. The number of rotatable bonds is 4. The second kappa shape index (κ2) is 6.93. The SMILES string of the molecule is CCCCSc1ccc(C#C[Si](C)(C)C)cc1. The summed E-state index contributed by atoms with van der Waals surface area (Å²) < 4.78 is 0. The summed E-state index contributed by atoms with van der Waals surface area (Å²) in [5.74, 6) is 4.50. The van der Waals surface area contributed by atoms with Crippen LogP contribution in [0.2, 0.25) is 19.6 Å². The van der Waals surface area contributed by atoms with Gasteiger partial charge < -0.3 is 0 Å². The van der Waals surface area contributed by atoms with E-state index in [1.807, 2.05) is 11.8 Å². The fraction of sp³-hybridized carbons (Fsp3) is 0.467. The van der Waals surface area contributed by atoms with Gasteiger partial charge in [-0.25, -0.2) is 0 Å². The number of thioether (sulfide) groups is 1. The summed E-state index contributed by atoms with van der Waals surface area (Å²) in [7, 11) is -1.25. The smallest absolute Gasteiger partial charge is 0.127 e. The summed E-state index contributed by atoms with van der Waals surface area (Å²) in [6.45, 7) is 9.05. The van der Waals surface area contributed by atoms with Gasteiger partial charge in [0.25, 0.3) is 0 Å². The Morgan fingerprint density at radius 2 is 1.76 bits per heavy atom. The monoisotopic (exact) mass is 262 g/mol. The van der Waals surface area contributed by atoms with Crippen molar-refractivity contribution in [1.82, 2.24) is 0 Å². The van der Waals surface area contributed by atoms with E-state index in [-0.39, 0.29) is 0 Å². The van der Waals surface area contributed by atoms with Crippen molar-refractivity contribution in [3.8, 4) is 11.5 Å². The zero-order chi connectivity index (χ0) is 12.7. The maximum atomic E-state index is 3.39. The Bertz CT molecular complexity index is 390. The average molecular weight is 262 g/mol. The minimum absolute atomic E-state index is 1.15. The molecule has 0 aromatic heterocycles. The van der Waals surface area contributed by atoms with E-state index in [9.17, 15) is 0 Å².